The summed E-state index contributed by atoms with van der Waals surface area (Å²) in [5.41, 5.74) is 1.12. The summed E-state index contributed by atoms with van der Waals surface area (Å²) in [5, 5.41) is 0. The Morgan fingerprint density at radius 1 is 1.04 bits per heavy atom. The average Bonchev–Trinajstić information content (AvgIpc) is 3.08. The van der Waals surface area contributed by atoms with Gasteiger partial charge in [0.15, 0.2) is 0 Å². The molecule has 1 aliphatic heterocycles. The van der Waals surface area contributed by atoms with Crippen LogP contribution < -0.4 is 4.72 Å². The molecule has 7 heteroatoms. The lowest BCUT2D eigenvalue weighted by Crippen LogP contribution is -2.32. The van der Waals surface area contributed by atoms with E-state index in [0.29, 0.717) is 12.1 Å². The third kappa shape index (κ3) is 4.24. The van der Waals surface area contributed by atoms with Gasteiger partial charge in [-0.1, -0.05) is 18.2 Å². The van der Waals surface area contributed by atoms with Crippen molar-refractivity contribution in [3.05, 3.63) is 65.5 Å². The van der Waals surface area contributed by atoms with Gasteiger partial charge in [-0.15, -0.1) is 0 Å². The molecule has 5 nitrogen and oxygen atoms in total. The summed E-state index contributed by atoms with van der Waals surface area (Å²) in [5.74, 6) is -1.22. The van der Waals surface area contributed by atoms with Crippen LogP contribution in [0.1, 0.15) is 28.8 Å². The molecule has 0 aromatic heterocycles. The summed E-state index contributed by atoms with van der Waals surface area (Å²) in [6, 6.07) is 11.3. The first-order valence-corrected chi connectivity index (χ1v) is 9.57. The van der Waals surface area contributed by atoms with Crippen LogP contribution in [-0.4, -0.2) is 32.3 Å². The molecule has 1 fully saturated rings. The van der Waals surface area contributed by atoms with Crippen LogP contribution in [0.25, 0.3) is 0 Å². The number of hydrogen-bond acceptors (Lipinski definition) is 4. The summed E-state index contributed by atoms with van der Waals surface area (Å²) in [6.45, 7) is 2.56. The predicted molar refractivity (Wildman–Crippen MR) is 92.0 cm³/mol. The van der Waals surface area contributed by atoms with Gasteiger partial charge < -0.3 is 0 Å². The Kier molecular flexibility index (Phi) is 5.15. The Morgan fingerprint density at radius 2 is 1.68 bits per heavy atom. The highest BCUT2D eigenvalue weighted by Crippen LogP contribution is 2.17. The third-order valence-electron chi connectivity index (χ3n) is 4.21. The van der Waals surface area contributed by atoms with Gasteiger partial charge in [0.1, 0.15) is 5.82 Å². The zero-order valence-electron chi connectivity index (χ0n) is 13.6. The molecule has 1 N–H and O–H groups in total. The molecule has 1 aliphatic rings. The van der Waals surface area contributed by atoms with Crippen LogP contribution in [-0.2, 0) is 16.6 Å². The number of halogens is 1. The van der Waals surface area contributed by atoms with Crippen LogP contribution in [0, 0.1) is 5.82 Å². The molecule has 3 rings (SSSR count). The smallest absolute Gasteiger partial charge is 0.265 e. The van der Waals surface area contributed by atoms with E-state index in [1.807, 2.05) is 12.1 Å². The van der Waals surface area contributed by atoms with Crippen LogP contribution in [0.3, 0.4) is 0 Å². The van der Waals surface area contributed by atoms with Gasteiger partial charge >= 0.3 is 0 Å². The van der Waals surface area contributed by atoms with Crippen LogP contribution in [0.2, 0.25) is 0 Å². The van der Waals surface area contributed by atoms with Crippen molar-refractivity contribution in [3.63, 3.8) is 0 Å². The second kappa shape index (κ2) is 7.33. The zero-order valence-corrected chi connectivity index (χ0v) is 14.4. The molecule has 0 saturated carbocycles. The van der Waals surface area contributed by atoms with Gasteiger partial charge in [0.25, 0.3) is 15.9 Å². The minimum Gasteiger partial charge on any atom is -0.299 e. The molecule has 0 spiro atoms. The molecule has 0 unspecified atom stereocenters. The van der Waals surface area contributed by atoms with Crippen molar-refractivity contribution in [2.45, 2.75) is 24.3 Å². The summed E-state index contributed by atoms with van der Waals surface area (Å²) in [6.07, 6.45) is 2.26. The molecule has 2 aromatic rings. The number of carbonyl (C=O) groups is 1. The third-order valence-corrected chi connectivity index (χ3v) is 5.55. The number of nitrogens with one attached hydrogen (secondary N) is 1. The number of likely N-dealkylation sites (tertiary alicyclic amines) is 1. The molecule has 1 saturated heterocycles. The minimum absolute atomic E-state index is 0.153. The maximum Gasteiger partial charge on any atom is 0.265 e. The van der Waals surface area contributed by atoms with E-state index >= 15 is 0 Å². The number of sulfonamides is 1. The van der Waals surface area contributed by atoms with Gasteiger partial charge in [-0.3, -0.25) is 9.69 Å². The van der Waals surface area contributed by atoms with E-state index in [4.69, 9.17) is 0 Å². The Labute approximate surface area is 146 Å². The summed E-state index contributed by atoms with van der Waals surface area (Å²) in [7, 11) is -4.05. The Balaban J connectivity index is 1.80. The maximum absolute atomic E-state index is 13.0. The van der Waals surface area contributed by atoms with E-state index in [1.165, 1.54) is 0 Å². The lowest BCUT2D eigenvalue weighted by molar-refractivity contribution is 0.0979. The lowest BCUT2D eigenvalue weighted by Gasteiger charge is -2.17. The summed E-state index contributed by atoms with van der Waals surface area (Å²) >= 11 is 0. The summed E-state index contributed by atoms with van der Waals surface area (Å²) < 4.78 is 39.7. The molecule has 1 amide bonds. The second-order valence-corrected chi connectivity index (χ2v) is 7.71. The SMILES string of the molecule is O=C(NS(=O)(=O)c1ccc(F)cc1)c1ccccc1CN1CCCC1. The maximum atomic E-state index is 13.0. The first kappa shape index (κ1) is 17.6. The van der Waals surface area contributed by atoms with E-state index in [1.54, 1.807) is 12.1 Å². The number of benzene rings is 2. The van der Waals surface area contributed by atoms with E-state index in [-0.39, 0.29) is 4.90 Å². The van der Waals surface area contributed by atoms with Crippen molar-refractivity contribution in [2.75, 3.05) is 13.1 Å². The monoisotopic (exact) mass is 362 g/mol. The van der Waals surface area contributed by atoms with E-state index in [0.717, 1.165) is 55.8 Å². The lowest BCUT2D eigenvalue weighted by atomic mass is 10.1. The topological polar surface area (TPSA) is 66.5 Å². The van der Waals surface area contributed by atoms with Gasteiger partial charge in [0.2, 0.25) is 0 Å². The molecule has 2 aromatic carbocycles. The molecular weight excluding hydrogens is 343 g/mol. The highest BCUT2D eigenvalue weighted by molar-refractivity contribution is 7.90. The van der Waals surface area contributed by atoms with Crippen LogP contribution >= 0.6 is 0 Å². The van der Waals surface area contributed by atoms with Crippen LogP contribution in [0.15, 0.2) is 53.4 Å². The molecule has 25 heavy (non-hydrogen) atoms. The molecule has 132 valence electrons. The van der Waals surface area contributed by atoms with Crippen molar-refractivity contribution in [2.24, 2.45) is 0 Å². The van der Waals surface area contributed by atoms with Gasteiger partial charge in [0.05, 0.1) is 4.90 Å². The molecule has 1 heterocycles. The van der Waals surface area contributed by atoms with E-state index < -0.39 is 21.7 Å². The fourth-order valence-electron chi connectivity index (χ4n) is 2.91. The van der Waals surface area contributed by atoms with Crippen molar-refractivity contribution in [1.29, 1.82) is 0 Å². The minimum atomic E-state index is -4.05. The standard InChI is InChI=1S/C18H19FN2O3S/c19-15-7-9-16(10-8-15)25(23,24)20-18(22)17-6-2-1-5-14(17)13-21-11-3-4-12-21/h1-2,5-10H,3-4,11-13H2,(H,20,22). The van der Waals surface area contributed by atoms with E-state index in [9.17, 15) is 17.6 Å². The van der Waals surface area contributed by atoms with Gasteiger partial charge in [-0.25, -0.2) is 17.5 Å². The van der Waals surface area contributed by atoms with Crippen molar-refractivity contribution >= 4 is 15.9 Å². The zero-order chi connectivity index (χ0) is 17.9. The molecule has 0 aliphatic carbocycles. The van der Waals surface area contributed by atoms with Crippen molar-refractivity contribution in [3.8, 4) is 0 Å². The predicted octanol–water partition coefficient (Wildman–Crippen LogP) is 2.54. The fraction of sp³-hybridized carbons (Fsp3) is 0.278. The average molecular weight is 362 g/mol. The first-order valence-electron chi connectivity index (χ1n) is 8.09. The number of carbonyl (C=O) groups excluding carboxylic acids is 1. The first-order chi connectivity index (χ1) is 12.0. The molecule has 0 radical (unpaired) electrons. The fourth-order valence-corrected chi connectivity index (χ4v) is 3.88. The Bertz CT molecular complexity index is 860. The number of nitrogens with zero attached hydrogens (tertiary/aromatic N) is 1. The largest absolute Gasteiger partial charge is 0.299 e. The number of rotatable bonds is 5. The summed E-state index contributed by atoms with van der Waals surface area (Å²) in [4.78, 5) is 14.6. The Morgan fingerprint density at radius 3 is 2.36 bits per heavy atom. The van der Waals surface area contributed by atoms with Gasteiger partial charge in [-0.2, -0.15) is 0 Å². The highest BCUT2D eigenvalue weighted by Gasteiger charge is 2.21. The normalized spacial score (nSPS) is 15.2. The molecule has 0 atom stereocenters. The van der Waals surface area contributed by atoms with Crippen LogP contribution in [0.4, 0.5) is 4.39 Å². The van der Waals surface area contributed by atoms with Gasteiger partial charge in [0, 0.05) is 12.1 Å². The number of amides is 1. The number of hydrogen-bond donors (Lipinski definition) is 1. The second-order valence-electron chi connectivity index (χ2n) is 6.03. The Hall–Kier alpha value is -2.25. The molecule has 0 bridgehead atoms. The van der Waals surface area contributed by atoms with E-state index in [2.05, 4.69) is 9.62 Å². The quantitative estimate of drug-likeness (QED) is 0.888. The highest BCUT2D eigenvalue weighted by atomic mass is 32.2. The van der Waals surface area contributed by atoms with Crippen molar-refractivity contribution in [1.82, 2.24) is 9.62 Å². The van der Waals surface area contributed by atoms with Gasteiger partial charge in [-0.05, 0) is 61.8 Å². The van der Waals surface area contributed by atoms with Crippen LogP contribution in [0.5, 0.6) is 0 Å². The van der Waals surface area contributed by atoms with Crippen molar-refractivity contribution < 1.29 is 17.6 Å². The molecular formula is C18H19FN2O3S.